The second kappa shape index (κ2) is 9.50. The molecular weight excluding hydrogens is 364 g/mol. The first-order valence-corrected chi connectivity index (χ1v) is 8.45. The lowest BCUT2D eigenvalue weighted by Crippen LogP contribution is -2.36. The lowest BCUT2D eigenvalue weighted by molar-refractivity contribution is -0.120. The van der Waals surface area contributed by atoms with E-state index in [-0.39, 0.29) is 18.4 Å². The van der Waals surface area contributed by atoms with Crippen LogP contribution in [-0.4, -0.2) is 46.8 Å². The highest BCUT2D eigenvalue weighted by Crippen LogP contribution is 2.41. The van der Waals surface area contributed by atoms with Crippen LogP contribution in [-0.2, 0) is 9.59 Å². The summed E-state index contributed by atoms with van der Waals surface area (Å²) in [5.41, 5.74) is 1.05. The Labute approximate surface area is 163 Å². The van der Waals surface area contributed by atoms with Crippen LogP contribution in [0.4, 0.5) is 11.4 Å². The second-order valence-corrected chi connectivity index (χ2v) is 5.77. The van der Waals surface area contributed by atoms with Crippen LogP contribution in [0.15, 0.2) is 36.4 Å². The number of carbonyl (C=O) groups is 2. The van der Waals surface area contributed by atoms with Crippen molar-refractivity contribution in [2.45, 2.75) is 6.92 Å². The number of carbonyl (C=O) groups excluding carboxylic acids is 2. The van der Waals surface area contributed by atoms with Crippen molar-refractivity contribution < 1.29 is 28.5 Å². The smallest absolute Gasteiger partial charge is 0.244 e. The molecule has 0 atom stereocenters. The van der Waals surface area contributed by atoms with Gasteiger partial charge in [-0.15, -0.1) is 0 Å². The Kier molecular flexibility index (Phi) is 7.08. The molecule has 0 unspecified atom stereocenters. The van der Waals surface area contributed by atoms with Gasteiger partial charge in [0, 0.05) is 24.7 Å². The number of hydrogen-bond acceptors (Lipinski definition) is 6. The number of hydrogen-bond donors (Lipinski definition) is 1. The molecule has 0 bridgehead atoms. The molecule has 0 aliphatic carbocycles. The highest BCUT2D eigenvalue weighted by atomic mass is 16.5. The first kappa shape index (κ1) is 20.9. The van der Waals surface area contributed by atoms with Crippen LogP contribution >= 0.6 is 0 Å². The van der Waals surface area contributed by atoms with Crippen molar-refractivity contribution >= 4 is 23.2 Å². The van der Waals surface area contributed by atoms with E-state index >= 15 is 0 Å². The molecule has 1 N–H and O–H groups in total. The fourth-order valence-corrected chi connectivity index (χ4v) is 2.63. The molecule has 0 heterocycles. The number of benzene rings is 2. The lowest BCUT2D eigenvalue weighted by Gasteiger charge is -2.23. The predicted molar refractivity (Wildman–Crippen MR) is 106 cm³/mol. The molecule has 0 aromatic heterocycles. The number of rotatable bonds is 8. The SMILES string of the molecule is COc1ccc(NC(=O)CN(C(C)=O)c2cc(OC)c(OC)c(OC)c2)cc1. The Morgan fingerprint density at radius 2 is 1.46 bits per heavy atom. The lowest BCUT2D eigenvalue weighted by atomic mass is 10.2. The predicted octanol–water partition coefficient (Wildman–Crippen LogP) is 2.71. The van der Waals surface area contributed by atoms with Crippen LogP contribution in [0, 0.1) is 0 Å². The van der Waals surface area contributed by atoms with Crippen LogP contribution in [0.1, 0.15) is 6.92 Å². The van der Waals surface area contributed by atoms with Crippen LogP contribution in [0.5, 0.6) is 23.0 Å². The van der Waals surface area contributed by atoms with Crippen LogP contribution < -0.4 is 29.2 Å². The Morgan fingerprint density at radius 1 is 0.893 bits per heavy atom. The molecule has 8 nitrogen and oxygen atoms in total. The van der Waals surface area contributed by atoms with Gasteiger partial charge in [0.05, 0.1) is 34.1 Å². The van der Waals surface area contributed by atoms with Gasteiger partial charge in [-0.2, -0.15) is 0 Å². The number of anilines is 2. The fraction of sp³-hybridized carbons (Fsp3) is 0.300. The Bertz CT molecular complexity index is 810. The van der Waals surface area contributed by atoms with Gasteiger partial charge in [0.2, 0.25) is 17.6 Å². The average molecular weight is 388 g/mol. The van der Waals surface area contributed by atoms with Crippen LogP contribution in [0.2, 0.25) is 0 Å². The van der Waals surface area contributed by atoms with Crippen LogP contribution in [0.25, 0.3) is 0 Å². The van der Waals surface area contributed by atoms with E-state index in [9.17, 15) is 9.59 Å². The summed E-state index contributed by atoms with van der Waals surface area (Å²) >= 11 is 0. The van der Waals surface area contributed by atoms with Gasteiger partial charge in [-0.1, -0.05) is 0 Å². The number of nitrogens with one attached hydrogen (secondary N) is 1. The zero-order chi connectivity index (χ0) is 20.7. The van der Waals surface area contributed by atoms with E-state index in [1.54, 1.807) is 43.5 Å². The Morgan fingerprint density at radius 3 is 1.89 bits per heavy atom. The normalized spacial score (nSPS) is 10.0. The monoisotopic (exact) mass is 388 g/mol. The molecule has 0 fully saturated rings. The second-order valence-electron chi connectivity index (χ2n) is 5.77. The number of methoxy groups -OCH3 is 4. The van der Waals surface area contributed by atoms with Crippen molar-refractivity contribution in [2.75, 3.05) is 45.2 Å². The van der Waals surface area contributed by atoms with Crippen molar-refractivity contribution in [1.82, 2.24) is 0 Å². The van der Waals surface area contributed by atoms with Crippen molar-refractivity contribution in [1.29, 1.82) is 0 Å². The highest BCUT2D eigenvalue weighted by molar-refractivity contribution is 6.02. The first-order chi connectivity index (χ1) is 13.4. The first-order valence-electron chi connectivity index (χ1n) is 8.45. The molecule has 2 aromatic rings. The number of ether oxygens (including phenoxy) is 4. The maximum absolute atomic E-state index is 12.5. The summed E-state index contributed by atoms with van der Waals surface area (Å²) in [6, 6.07) is 10.1. The Hall–Kier alpha value is -3.42. The minimum atomic E-state index is -0.353. The van der Waals surface area contributed by atoms with Gasteiger partial charge in [0.1, 0.15) is 12.3 Å². The largest absolute Gasteiger partial charge is 0.497 e. The van der Waals surface area contributed by atoms with Gasteiger partial charge in [0.15, 0.2) is 11.5 Å². The molecule has 0 radical (unpaired) electrons. The topological polar surface area (TPSA) is 86.3 Å². The van der Waals surface area contributed by atoms with Gasteiger partial charge in [-0.25, -0.2) is 0 Å². The standard InChI is InChI=1S/C20H24N2O6/c1-13(23)22(12-19(24)21-14-6-8-16(25-2)9-7-14)15-10-17(26-3)20(28-5)18(11-15)27-4/h6-11H,12H2,1-5H3,(H,21,24). The van der Waals surface area contributed by atoms with Gasteiger partial charge in [-0.3, -0.25) is 9.59 Å². The summed E-state index contributed by atoms with van der Waals surface area (Å²) in [5, 5.41) is 2.75. The van der Waals surface area contributed by atoms with Gasteiger partial charge >= 0.3 is 0 Å². The van der Waals surface area contributed by atoms with E-state index in [1.165, 1.54) is 33.2 Å². The van der Waals surface area contributed by atoms with Gasteiger partial charge in [-0.05, 0) is 24.3 Å². The van der Waals surface area contributed by atoms with Crippen molar-refractivity contribution in [3.05, 3.63) is 36.4 Å². The van der Waals surface area contributed by atoms with Gasteiger partial charge < -0.3 is 29.2 Å². The molecule has 8 heteroatoms. The van der Waals surface area contributed by atoms with E-state index < -0.39 is 0 Å². The number of nitrogens with zero attached hydrogens (tertiary/aromatic N) is 1. The van der Waals surface area contributed by atoms with Crippen LogP contribution in [0.3, 0.4) is 0 Å². The van der Waals surface area contributed by atoms with E-state index in [4.69, 9.17) is 18.9 Å². The van der Waals surface area contributed by atoms with Crippen molar-refractivity contribution in [3.8, 4) is 23.0 Å². The molecule has 0 aliphatic rings. The zero-order valence-electron chi connectivity index (χ0n) is 16.6. The highest BCUT2D eigenvalue weighted by Gasteiger charge is 2.21. The minimum absolute atomic E-state index is 0.181. The third kappa shape index (κ3) is 4.85. The summed E-state index contributed by atoms with van der Waals surface area (Å²) in [7, 11) is 6.02. The molecule has 0 spiro atoms. The quantitative estimate of drug-likeness (QED) is 0.748. The van der Waals surface area contributed by atoms with E-state index in [0.29, 0.717) is 34.4 Å². The third-order valence-electron chi connectivity index (χ3n) is 4.02. The molecule has 2 aromatic carbocycles. The van der Waals surface area contributed by atoms with Crippen molar-refractivity contribution in [2.24, 2.45) is 0 Å². The molecule has 2 rings (SSSR count). The molecule has 0 saturated carbocycles. The maximum Gasteiger partial charge on any atom is 0.244 e. The van der Waals surface area contributed by atoms with Gasteiger partial charge in [0.25, 0.3) is 0 Å². The Balaban J connectivity index is 2.25. The average Bonchev–Trinajstić information content (AvgIpc) is 2.71. The molecule has 28 heavy (non-hydrogen) atoms. The fourth-order valence-electron chi connectivity index (χ4n) is 2.63. The number of amides is 2. The summed E-state index contributed by atoms with van der Waals surface area (Å²) < 4.78 is 21.0. The molecule has 0 saturated heterocycles. The molecular formula is C20H24N2O6. The third-order valence-corrected chi connectivity index (χ3v) is 4.02. The summed E-state index contributed by atoms with van der Waals surface area (Å²) in [6.07, 6.45) is 0. The molecule has 150 valence electrons. The summed E-state index contributed by atoms with van der Waals surface area (Å²) in [6.45, 7) is 1.20. The zero-order valence-corrected chi connectivity index (χ0v) is 16.6. The minimum Gasteiger partial charge on any atom is -0.497 e. The van der Waals surface area contributed by atoms with E-state index in [2.05, 4.69) is 5.32 Å². The van der Waals surface area contributed by atoms with E-state index in [0.717, 1.165) is 0 Å². The maximum atomic E-state index is 12.5. The summed E-state index contributed by atoms with van der Waals surface area (Å²) in [5.74, 6) is 1.20. The molecule has 0 aliphatic heterocycles. The molecule has 2 amide bonds. The van der Waals surface area contributed by atoms with E-state index in [1.807, 2.05) is 0 Å². The summed E-state index contributed by atoms with van der Waals surface area (Å²) in [4.78, 5) is 26.0. The van der Waals surface area contributed by atoms with Crippen molar-refractivity contribution in [3.63, 3.8) is 0 Å².